The fourth-order valence-corrected chi connectivity index (χ4v) is 3.12. The van der Waals surface area contributed by atoms with E-state index in [0.29, 0.717) is 0 Å². The summed E-state index contributed by atoms with van der Waals surface area (Å²) in [5.74, 6) is 11.3. The minimum absolute atomic E-state index is 0.262. The highest BCUT2D eigenvalue weighted by atomic mass is 32.2. The van der Waals surface area contributed by atoms with E-state index in [9.17, 15) is 8.42 Å². The first-order valence-corrected chi connectivity index (χ1v) is 7.87. The second kappa shape index (κ2) is 6.31. The van der Waals surface area contributed by atoms with Crippen LogP contribution in [0.3, 0.4) is 0 Å². The van der Waals surface area contributed by atoms with Gasteiger partial charge >= 0.3 is 0 Å². The van der Waals surface area contributed by atoms with Crippen LogP contribution in [0.5, 0.6) is 0 Å². The van der Waals surface area contributed by atoms with E-state index in [0.717, 1.165) is 11.1 Å². The summed E-state index contributed by atoms with van der Waals surface area (Å²) >= 11 is 0. The van der Waals surface area contributed by atoms with Crippen molar-refractivity contribution in [3.05, 3.63) is 59.7 Å². The summed E-state index contributed by atoms with van der Waals surface area (Å²) in [6, 6.07) is 13.1. The van der Waals surface area contributed by atoms with Gasteiger partial charge in [-0.15, -0.1) is 11.8 Å². The smallest absolute Gasteiger partial charge is 0.206 e. The van der Waals surface area contributed by atoms with E-state index in [1.165, 1.54) is 0 Å². The summed E-state index contributed by atoms with van der Waals surface area (Å²) in [4.78, 5) is 0.525. The summed E-state index contributed by atoms with van der Waals surface area (Å²) < 4.78 is 25.0. The van der Waals surface area contributed by atoms with Gasteiger partial charge in [0.2, 0.25) is 9.84 Å². The van der Waals surface area contributed by atoms with Crippen LogP contribution in [0, 0.1) is 23.7 Å². The van der Waals surface area contributed by atoms with Crippen molar-refractivity contribution < 1.29 is 8.42 Å². The van der Waals surface area contributed by atoms with Crippen molar-refractivity contribution in [2.24, 2.45) is 0 Å². The van der Waals surface area contributed by atoms with Gasteiger partial charge in [0.25, 0.3) is 0 Å². The highest BCUT2D eigenvalue weighted by Gasteiger charge is 2.16. The molecule has 0 radical (unpaired) electrons. The van der Waals surface area contributed by atoms with Crippen LogP contribution in [-0.4, -0.2) is 8.42 Å². The molecule has 2 rings (SSSR count). The summed E-state index contributed by atoms with van der Waals surface area (Å²) in [6.07, 6.45) is 0. The first-order valence-electron chi connectivity index (χ1n) is 6.38. The van der Waals surface area contributed by atoms with Gasteiger partial charge in [0.1, 0.15) is 0 Å². The third-order valence-corrected chi connectivity index (χ3v) is 4.65. The molecular formula is C18H14O2S. The lowest BCUT2D eigenvalue weighted by atomic mass is 10.2. The topological polar surface area (TPSA) is 34.1 Å². The Morgan fingerprint density at radius 3 is 1.29 bits per heavy atom. The fraction of sp³-hybridized carbons (Fsp3) is 0.111. The van der Waals surface area contributed by atoms with Gasteiger partial charge in [-0.3, -0.25) is 0 Å². The molecular weight excluding hydrogens is 280 g/mol. The molecule has 0 fully saturated rings. The maximum Gasteiger partial charge on any atom is 0.206 e. The molecule has 0 saturated carbocycles. The van der Waals surface area contributed by atoms with Crippen molar-refractivity contribution in [3.8, 4) is 23.7 Å². The normalized spacial score (nSPS) is 10.0. The largest absolute Gasteiger partial charge is 0.219 e. The fourth-order valence-electron chi connectivity index (χ4n) is 1.86. The molecule has 21 heavy (non-hydrogen) atoms. The minimum Gasteiger partial charge on any atom is -0.219 e. The van der Waals surface area contributed by atoms with Crippen molar-refractivity contribution in [3.63, 3.8) is 0 Å². The van der Waals surface area contributed by atoms with Crippen molar-refractivity contribution in [1.82, 2.24) is 0 Å². The molecule has 0 aromatic heterocycles. The summed E-state index contributed by atoms with van der Waals surface area (Å²) in [5, 5.41) is 0. The summed E-state index contributed by atoms with van der Waals surface area (Å²) in [7, 11) is -3.50. The van der Waals surface area contributed by atoms with Crippen LogP contribution in [-0.2, 0) is 9.84 Å². The molecule has 0 spiro atoms. The van der Waals surface area contributed by atoms with Crippen LogP contribution in [0.25, 0.3) is 0 Å². The third-order valence-electron chi connectivity index (χ3n) is 2.87. The van der Waals surface area contributed by atoms with Crippen molar-refractivity contribution >= 4 is 9.84 Å². The van der Waals surface area contributed by atoms with Gasteiger partial charge < -0.3 is 0 Å². The Balaban J connectivity index is 2.39. The Hall–Kier alpha value is -2.49. The Morgan fingerprint density at radius 2 is 1.00 bits per heavy atom. The molecule has 0 aliphatic carbocycles. The molecule has 0 aliphatic heterocycles. The van der Waals surface area contributed by atoms with E-state index in [2.05, 4.69) is 23.7 Å². The van der Waals surface area contributed by atoms with E-state index >= 15 is 0 Å². The maximum atomic E-state index is 12.5. The first-order chi connectivity index (χ1) is 10.1. The van der Waals surface area contributed by atoms with E-state index in [1.807, 2.05) is 0 Å². The monoisotopic (exact) mass is 294 g/mol. The van der Waals surface area contributed by atoms with Crippen molar-refractivity contribution in [2.45, 2.75) is 23.6 Å². The average Bonchev–Trinajstić information content (AvgIpc) is 2.49. The number of benzene rings is 2. The maximum absolute atomic E-state index is 12.5. The predicted molar refractivity (Wildman–Crippen MR) is 83.4 cm³/mol. The zero-order valence-electron chi connectivity index (χ0n) is 11.8. The lowest BCUT2D eigenvalue weighted by Gasteiger charge is -2.05. The molecule has 3 heteroatoms. The molecule has 0 bridgehead atoms. The predicted octanol–water partition coefficient (Wildman–Crippen LogP) is 3.26. The van der Waals surface area contributed by atoms with Crippen LogP contribution in [0.4, 0.5) is 0 Å². The Kier molecular flexibility index (Phi) is 4.48. The number of sulfone groups is 1. The Labute approximate surface area is 125 Å². The standard InChI is InChI=1S/C18H14O2S/c1-3-5-15-7-11-17(12-8-15)21(19,20)18-13-9-16(6-4-2)10-14-18/h7-14H,1-2H3. The lowest BCUT2D eigenvalue weighted by molar-refractivity contribution is 0.596. The molecule has 104 valence electrons. The van der Waals surface area contributed by atoms with Gasteiger partial charge in [0.05, 0.1) is 9.79 Å². The first kappa shape index (κ1) is 14.9. The quantitative estimate of drug-likeness (QED) is 0.797. The molecule has 0 aliphatic rings. The average molecular weight is 294 g/mol. The SMILES string of the molecule is CC#Cc1ccc(S(=O)(=O)c2ccc(C#CC)cc2)cc1. The van der Waals surface area contributed by atoms with Gasteiger partial charge in [0.15, 0.2) is 0 Å². The van der Waals surface area contributed by atoms with Gasteiger partial charge in [-0.1, -0.05) is 11.8 Å². The van der Waals surface area contributed by atoms with E-state index in [1.54, 1.807) is 62.4 Å². The number of hydrogen-bond acceptors (Lipinski definition) is 2. The lowest BCUT2D eigenvalue weighted by Crippen LogP contribution is -2.01. The molecule has 2 aromatic rings. The molecule has 0 N–H and O–H groups in total. The van der Waals surface area contributed by atoms with E-state index in [4.69, 9.17) is 0 Å². The second-order valence-corrected chi connectivity index (χ2v) is 6.25. The van der Waals surface area contributed by atoms with Crippen LogP contribution in [0.2, 0.25) is 0 Å². The Morgan fingerprint density at radius 1 is 0.667 bits per heavy atom. The highest BCUT2D eigenvalue weighted by Crippen LogP contribution is 2.21. The van der Waals surface area contributed by atoms with Gasteiger partial charge in [-0.2, -0.15) is 0 Å². The number of hydrogen-bond donors (Lipinski definition) is 0. The molecule has 2 aromatic carbocycles. The highest BCUT2D eigenvalue weighted by molar-refractivity contribution is 7.91. The zero-order valence-corrected chi connectivity index (χ0v) is 12.7. The van der Waals surface area contributed by atoms with Gasteiger partial charge in [-0.05, 0) is 62.4 Å². The number of rotatable bonds is 2. The molecule has 0 saturated heterocycles. The van der Waals surface area contributed by atoms with Crippen LogP contribution < -0.4 is 0 Å². The van der Waals surface area contributed by atoms with Gasteiger partial charge in [0, 0.05) is 11.1 Å². The molecule has 0 amide bonds. The second-order valence-electron chi connectivity index (χ2n) is 4.30. The van der Waals surface area contributed by atoms with Gasteiger partial charge in [-0.25, -0.2) is 8.42 Å². The third kappa shape index (κ3) is 3.34. The Bertz CT molecular complexity index is 782. The van der Waals surface area contributed by atoms with Crippen LogP contribution >= 0.6 is 0 Å². The van der Waals surface area contributed by atoms with E-state index < -0.39 is 9.84 Å². The molecule has 0 unspecified atom stereocenters. The summed E-state index contributed by atoms with van der Waals surface area (Å²) in [6.45, 7) is 3.48. The van der Waals surface area contributed by atoms with Crippen LogP contribution in [0.15, 0.2) is 58.3 Å². The molecule has 2 nitrogen and oxygen atoms in total. The zero-order chi connectivity index (χ0) is 15.3. The van der Waals surface area contributed by atoms with Crippen molar-refractivity contribution in [1.29, 1.82) is 0 Å². The molecule has 0 heterocycles. The van der Waals surface area contributed by atoms with E-state index in [-0.39, 0.29) is 9.79 Å². The van der Waals surface area contributed by atoms with Crippen LogP contribution in [0.1, 0.15) is 25.0 Å². The minimum atomic E-state index is -3.50. The summed E-state index contributed by atoms with van der Waals surface area (Å²) in [5.41, 5.74) is 1.59. The molecule has 0 atom stereocenters. The van der Waals surface area contributed by atoms with Crippen molar-refractivity contribution in [2.75, 3.05) is 0 Å².